The van der Waals surface area contributed by atoms with E-state index in [9.17, 15) is 4.79 Å². The van der Waals surface area contributed by atoms with Crippen LogP contribution in [0.1, 0.15) is 11.4 Å². The number of ether oxygens (including phenoxy) is 1. The number of nitrogens with zero attached hydrogens (tertiary/aromatic N) is 3. The number of primary amides is 1. The Kier molecular flexibility index (Phi) is 4.86. The third kappa shape index (κ3) is 3.99. The van der Waals surface area contributed by atoms with Crippen LogP contribution in [0.25, 0.3) is 0 Å². The van der Waals surface area contributed by atoms with E-state index in [1.165, 1.54) is 4.68 Å². The van der Waals surface area contributed by atoms with E-state index in [-0.39, 0.29) is 6.61 Å². The number of rotatable bonds is 5. The zero-order valence-corrected chi connectivity index (χ0v) is 13.4. The van der Waals surface area contributed by atoms with Gasteiger partial charge in [-0.3, -0.25) is 9.89 Å². The second-order valence-electron chi connectivity index (χ2n) is 4.08. The van der Waals surface area contributed by atoms with Crippen LogP contribution in [0.5, 0.6) is 5.75 Å². The molecule has 2 rings (SSSR count). The van der Waals surface area contributed by atoms with Gasteiger partial charge in [-0.25, -0.2) is 0 Å². The number of aromatic nitrogens is 3. The highest BCUT2D eigenvalue weighted by Crippen LogP contribution is 2.25. The molecule has 1 heterocycles. The Morgan fingerprint density at radius 1 is 1.67 bits per heavy atom. The number of H-pyrrole nitrogens is 1. The Hall–Kier alpha value is -2.00. The lowest BCUT2D eigenvalue weighted by Gasteiger charge is -2.06. The van der Waals surface area contributed by atoms with E-state index >= 15 is 0 Å². The highest BCUT2D eigenvalue weighted by atomic mass is 79.9. The van der Waals surface area contributed by atoms with Crippen LogP contribution in [0, 0.1) is 11.7 Å². The molecule has 9 heteroatoms. The number of aromatic amines is 1. The van der Waals surface area contributed by atoms with Gasteiger partial charge in [-0.05, 0) is 58.8 Å². The summed E-state index contributed by atoms with van der Waals surface area (Å²) in [6.45, 7) is 1.62. The highest BCUT2D eigenvalue weighted by Gasteiger charge is 2.04. The van der Waals surface area contributed by atoms with E-state index in [1.54, 1.807) is 31.3 Å². The van der Waals surface area contributed by atoms with Crippen LogP contribution in [0.4, 0.5) is 0 Å². The number of halogens is 1. The predicted octanol–water partition coefficient (Wildman–Crippen LogP) is 1.76. The van der Waals surface area contributed by atoms with Gasteiger partial charge in [-0.1, -0.05) is 0 Å². The zero-order chi connectivity index (χ0) is 15.4. The number of benzene rings is 1. The monoisotopic (exact) mass is 369 g/mol. The number of hydrogen-bond donors (Lipinski definition) is 2. The van der Waals surface area contributed by atoms with Gasteiger partial charge in [0, 0.05) is 0 Å². The van der Waals surface area contributed by atoms with Crippen molar-refractivity contribution in [1.82, 2.24) is 14.9 Å². The highest BCUT2D eigenvalue weighted by molar-refractivity contribution is 9.10. The summed E-state index contributed by atoms with van der Waals surface area (Å²) in [5.74, 6) is 0.663. The summed E-state index contributed by atoms with van der Waals surface area (Å²) in [6, 6.07) is 5.32. The molecular weight excluding hydrogens is 358 g/mol. The fourth-order valence-electron chi connectivity index (χ4n) is 1.49. The Morgan fingerprint density at radius 3 is 3.00 bits per heavy atom. The molecule has 1 aromatic carbocycles. The van der Waals surface area contributed by atoms with E-state index < -0.39 is 5.91 Å². The normalized spacial score (nSPS) is 11.0. The van der Waals surface area contributed by atoms with Gasteiger partial charge in [0.05, 0.1) is 10.7 Å². The summed E-state index contributed by atoms with van der Waals surface area (Å²) in [4.78, 5) is 10.7. The van der Waals surface area contributed by atoms with Crippen molar-refractivity contribution in [3.8, 4) is 5.75 Å². The molecule has 1 aromatic heterocycles. The van der Waals surface area contributed by atoms with Gasteiger partial charge in [-0.2, -0.15) is 14.9 Å². The Bertz CT molecular complexity index is 752. The summed E-state index contributed by atoms with van der Waals surface area (Å²) in [5, 5.41) is 10.8. The first-order valence-electron chi connectivity index (χ1n) is 5.86. The minimum atomic E-state index is -0.530. The van der Waals surface area contributed by atoms with Crippen LogP contribution >= 0.6 is 28.1 Å². The smallest absolute Gasteiger partial charge is 0.255 e. The van der Waals surface area contributed by atoms with Gasteiger partial charge in [-0.15, -0.1) is 0 Å². The van der Waals surface area contributed by atoms with Gasteiger partial charge >= 0.3 is 0 Å². The quantitative estimate of drug-likeness (QED) is 0.619. The Balaban J connectivity index is 2.17. The predicted molar refractivity (Wildman–Crippen MR) is 84.0 cm³/mol. The minimum absolute atomic E-state index is 0.171. The van der Waals surface area contributed by atoms with Crippen molar-refractivity contribution in [3.63, 3.8) is 0 Å². The van der Waals surface area contributed by atoms with E-state index in [1.807, 2.05) is 0 Å². The first kappa shape index (κ1) is 15.4. The maximum absolute atomic E-state index is 10.7. The second-order valence-corrected chi connectivity index (χ2v) is 5.32. The van der Waals surface area contributed by atoms with Crippen molar-refractivity contribution < 1.29 is 9.53 Å². The van der Waals surface area contributed by atoms with Crippen LogP contribution in [0.2, 0.25) is 0 Å². The average Bonchev–Trinajstić information content (AvgIpc) is 2.74. The topological polar surface area (TPSA) is 98.3 Å². The van der Waals surface area contributed by atoms with Crippen molar-refractivity contribution in [1.29, 1.82) is 0 Å². The number of carbonyl (C=O) groups excluding carboxylic acids is 1. The summed E-state index contributed by atoms with van der Waals surface area (Å²) >= 11 is 8.41. The molecule has 0 saturated carbocycles. The molecule has 0 fully saturated rings. The molecule has 0 aliphatic heterocycles. The molecule has 0 bridgehead atoms. The van der Waals surface area contributed by atoms with Crippen LogP contribution in [-0.4, -0.2) is 33.6 Å². The van der Waals surface area contributed by atoms with E-state index in [0.29, 0.717) is 20.8 Å². The molecule has 0 radical (unpaired) electrons. The first-order chi connectivity index (χ1) is 9.97. The molecule has 110 valence electrons. The molecule has 0 unspecified atom stereocenters. The van der Waals surface area contributed by atoms with Crippen LogP contribution in [-0.2, 0) is 4.79 Å². The Labute approximate surface area is 133 Å². The van der Waals surface area contributed by atoms with Gasteiger partial charge in [0.25, 0.3) is 5.91 Å². The summed E-state index contributed by atoms with van der Waals surface area (Å²) in [7, 11) is 0. The standard InChI is InChI=1S/C12H12BrN5O2S/c1-7-16-17-12(21)18(7)15-5-8-2-3-10(9(13)4-8)20-6-11(14)19/h2-5H,6H2,1H3,(H2,14,19)(H,17,21)/b15-5-. The molecule has 2 aromatic rings. The SMILES string of the molecule is Cc1n[nH]c(=S)n1/N=C\c1ccc(OCC(N)=O)c(Br)c1. The van der Waals surface area contributed by atoms with Crippen molar-refractivity contribution in [2.45, 2.75) is 6.92 Å². The van der Waals surface area contributed by atoms with Crippen molar-refractivity contribution in [2.75, 3.05) is 6.61 Å². The second kappa shape index (κ2) is 6.64. The van der Waals surface area contributed by atoms with Gasteiger partial charge in [0.15, 0.2) is 6.61 Å². The average molecular weight is 370 g/mol. The number of nitrogens with one attached hydrogen (secondary N) is 1. The van der Waals surface area contributed by atoms with Crippen molar-refractivity contribution in [2.24, 2.45) is 10.8 Å². The Morgan fingerprint density at radius 2 is 2.43 bits per heavy atom. The van der Waals surface area contributed by atoms with Crippen molar-refractivity contribution >= 4 is 40.3 Å². The zero-order valence-electron chi connectivity index (χ0n) is 11.0. The summed E-state index contributed by atoms with van der Waals surface area (Å²) in [5.41, 5.74) is 5.86. The summed E-state index contributed by atoms with van der Waals surface area (Å²) < 4.78 is 7.87. The van der Waals surface area contributed by atoms with Crippen LogP contribution in [0.15, 0.2) is 27.8 Å². The molecule has 3 N–H and O–H groups in total. The van der Waals surface area contributed by atoms with Gasteiger partial charge < -0.3 is 10.5 Å². The minimum Gasteiger partial charge on any atom is -0.483 e. The van der Waals surface area contributed by atoms with E-state index in [0.717, 1.165) is 5.56 Å². The molecule has 0 spiro atoms. The fourth-order valence-corrected chi connectivity index (χ4v) is 2.23. The van der Waals surface area contributed by atoms with Crippen LogP contribution < -0.4 is 10.5 Å². The first-order valence-corrected chi connectivity index (χ1v) is 7.06. The summed E-state index contributed by atoms with van der Waals surface area (Å²) in [6.07, 6.45) is 1.64. The van der Waals surface area contributed by atoms with Crippen LogP contribution in [0.3, 0.4) is 0 Å². The number of nitrogens with two attached hydrogens (primary N) is 1. The molecule has 7 nitrogen and oxygen atoms in total. The van der Waals surface area contributed by atoms with Gasteiger partial charge in [0.1, 0.15) is 11.6 Å². The third-order valence-corrected chi connectivity index (χ3v) is 3.34. The lowest BCUT2D eigenvalue weighted by molar-refractivity contribution is -0.119. The molecule has 21 heavy (non-hydrogen) atoms. The molecule has 0 aliphatic carbocycles. The number of aryl methyl sites for hydroxylation is 1. The number of hydrogen-bond acceptors (Lipinski definition) is 5. The lowest BCUT2D eigenvalue weighted by Crippen LogP contribution is -2.20. The van der Waals surface area contributed by atoms with Gasteiger partial charge in [0.2, 0.25) is 4.77 Å². The molecule has 0 aliphatic rings. The largest absolute Gasteiger partial charge is 0.483 e. The number of carbonyl (C=O) groups is 1. The molecule has 0 atom stereocenters. The number of amides is 1. The van der Waals surface area contributed by atoms with E-state index in [2.05, 4.69) is 31.2 Å². The van der Waals surface area contributed by atoms with E-state index in [4.69, 9.17) is 22.7 Å². The maximum Gasteiger partial charge on any atom is 0.255 e. The fraction of sp³-hybridized carbons (Fsp3) is 0.167. The molecule has 1 amide bonds. The molecule has 0 saturated heterocycles. The maximum atomic E-state index is 10.7. The third-order valence-electron chi connectivity index (χ3n) is 2.46. The molecular formula is C12H12BrN5O2S. The lowest BCUT2D eigenvalue weighted by atomic mass is 10.2. The van der Waals surface area contributed by atoms with Crippen molar-refractivity contribution in [3.05, 3.63) is 38.8 Å².